The minimum absolute atomic E-state index is 0.102. The van der Waals surface area contributed by atoms with E-state index in [4.69, 9.17) is 5.11 Å². The van der Waals surface area contributed by atoms with Gasteiger partial charge in [-0.15, -0.1) is 0 Å². The quantitative estimate of drug-likeness (QED) is 0.823. The third-order valence-electron chi connectivity index (χ3n) is 3.64. The van der Waals surface area contributed by atoms with Crippen LogP contribution in [-0.4, -0.2) is 57.5 Å². The first kappa shape index (κ1) is 17.5. The Balaban J connectivity index is 2.13. The van der Waals surface area contributed by atoms with Gasteiger partial charge in [0.25, 0.3) is 0 Å². The van der Waals surface area contributed by atoms with Crippen LogP contribution >= 0.6 is 0 Å². The molecular weight excluding hydrogens is 344 g/mol. The molecule has 1 aliphatic rings. The van der Waals surface area contributed by atoms with Crippen LogP contribution in [0.2, 0.25) is 0 Å². The van der Waals surface area contributed by atoms with E-state index in [-0.39, 0.29) is 36.5 Å². The van der Waals surface area contributed by atoms with E-state index in [2.05, 4.69) is 4.72 Å². The van der Waals surface area contributed by atoms with Crippen LogP contribution in [0.4, 0.5) is 10.5 Å². The van der Waals surface area contributed by atoms with Crippen LogP contribution in [0.15, 0.2) is 29.2 Å². The molecular formula is C13H18N2O6S2. The van der Waals surface area contributed by atoms with E-state index in [1.807, 2.05) is 0 Å². The van der Waals surface area contributed by atoms with Crippen molar-refractivity contribution in [1.82, 2.24) is 4.90 Å². The number of benzene rings is 1. The van der Waals surface area contributed by atoms with E-state index in [9.17, 15) is 21.6 Å². The number of anilines is 1. The van der Waals surface area contributed by atoms with Crippen molar-refractivity contribution in [3.63, 3.8) is 0 Å². The zero-order valence-corrected chi connectivity index (χ0v) is 14.1. The van der Waals surface area contributed by atoms with Crippen LogP contribution in [0.25, 0.3) is 0 Å². The number of hydrogen-bond acceptors (Lipinski definition) is 5. The number of sulfonamides is 1. The summed E-state index contributed by atoms with van der Waals surface area (Å²) in [4.78, 5) is 12.2. The Morgan fingerprint density at radius 1 is 1.13 bits per heavy atom. The van der Waals surface area contributed by atoms with Gasteiger partial charge in [-0.25, -0.2) is 21.6 Å². The lowest BCUT2D eigenvalue weighted by molar-refractivity contribution is 0.136. The number of piperidine rings is 1. The van der Waals surface area contributed by atoms with Crippen molar-refractivity contribution < 1.29 is 26.7 Å². The molecule has 0 bridgehead atoms. The van der Waals surface area contributed by atoms with Crippen molar-refractivity contribution in [2.24, 2.45) is 0 Å². The first-order valence-electron chi connectivity index (χ1n) is 6.89. The van der Waals surface area contributed by atoms with E-state index < -0.39 is 31.2 Å². The van der Waals surface area contributed by atoms with Gasteiger partial charge >= 0.3 is 6.09 Å². The first-order valence-corrected chi connectivity index (χ1v) is 10.3. The maximum Gasteiger partial charge on any atom is 0.407 e. The average molecular weight is 362 g/mol. The number of amides is 1. The lowest BCUT2D eigenvalue weighted by atomic mass is 10.1. The second-order valence-electron chi connectivity index (χ2n) is 5.41. The van der Waals surface area contributed by atoms with Crippen molar-refractivity contribution in [1.29, 1.82) is 0 Å². The summed E-state index contributed by atoms with van der Waals surface area (Å²) in [6.45, 7) is 0.375. The van der Waals surface area contributed by atoms with Crippen LogP contribution in [0.3, 0.4) is 0 Å². The molecule has 1 aliphatic heterocycles. The van der Waals surface area contributed by atoms with Crippen molar-refractivity contribution in [2.75, 3.05) is 24.1 Å². The minimum Gasteiger partial charge on any atom is -0.465 e. The summed E-state index contributed by atoms with van der Waals surface area (Å²) in [5.41, 5.74) is 0.284. The largest absolute Gasteiger partial charge is 0.465 e. The average Bonchev–Trinajstić information content (AvgIpc) is 2.46. The molecule has 1 heterocycles. The Bertz CT molecular complexity index is 778. The number of hydrogen-bond donors (Lipinski definition) is 2. The predicted molar refractivity (Wildman–Crippen MR) is 84.7 cm³/mol. The Kier molecular flexibility index (Phi) is 4.85. The molecule has 0 saturated carbocycles. The summed E-state index contributed by atoms with van der Waals surface area (Å²) in [5, 5.41) is 8.26. The van der Waals surface area contributed by atoms with Gasteiger partial charge in [-0.2, -0.15) is 0 Å². The summed E-state index contributed by atoms with van der Waals surface area (Å²) in [5.74, 6) is 0. The molecule has 0 radical (unpaired) electrons. The molecule has 0 aromatic heterocycles. The molecule has 128 valence electrons. The molecule has 0 unspecified atom stereocenters. The highest BCUT2D eigenvalue weighted by Crippen LogP contribution is 2.25. The summed E-state index contributed by atoms with van der Waals surface area (Å²) in [7, 11) is -6.99. The number of nitrogens with zero attached hydrogens (tertiary/aromatic N) is 1. The van der Waals surface area contributed by atoms with Crippen molar-refractivity contribution in [2.45, 2.75) is 23.0 Å². The number of likely N-dealkylation sites (tertiary alicyclic amines) is 1. The van der Waals surface area contributed by atoms with Crippen LogP contribution < -0.4 is 4.72 Å². The summed E-state index contributed by atoms with van der Waals surface area (Å²) in [6.07, 6.45) is 0.459. The number of nitrogens with one attached hydrogen (secondary N) is 1. The Morgan fingerprint density at radius 3 is 2.09 bits per heavy atom. The van der Waals surface area contributed by atoms with Gasteiger partial charge in [0.1, 0.15) is 0 Å². The summed E-state index contributed by atoms with van der Waals surface area (Å²) < 4.78 is 49.6. The summed E-state index contributed by atoms with van der Waals surface area (Å²) >= 11 is 0. The first-order chi connectivity index (χ1) is 10.6. The van der Waals surface area contributed by atoms with E-state index >= 15 is 0 Å². The Morgan fingerprint density at radius 2 is 1.65 bits per heavy atom. The molecule has 1 aromatic carbocycles. The van der Waals surface area contributed by atoms with Crippen LogP contribution in [0.1, 0.15) is 12.8 Å². The standard InChI is InChI=1S/C13H18N2O6S2/c1-22(18,19)14-10-2-4-11(5-3-10)23(20,21)12-6-8-15(9-7-12)13(16)17/h2-5,12,14H,6-9H2,1H3,(H,16,17). The second-order valence-corrected chi connectivity index (χ2v) is 9.39. The van der Waals surface area contributed by atoms with Gasteiger partial charge in [0.15, 0.2) is 9.84 Å². The van der Waals surface area contributed by atoms with Gasteiger partial charge in [0.05, 0.1) is 16.4 Å². The second kappa shape index (κ2) is 6.36. The number of rotatable bonds is 4. The maximum atomic E-state index is 12.6. The van der Waals surface area contributed by atoms with Crippen molar-refractivity contribution in [3.05, 3.63) is 24.3 Å². The van der Waals surface area contributed by atoms with Gasteiger partial charge in [0.2, 0.25) is 10.0 Å². The molecule has 2 N–H and O–H groups in total. The van der Waals surface area contributed by atoms with Gasteiger partial charge in [-0.05, 0) is 37.1 Å². The van der Waals surface area contributed by atoms with Crippen molar-refractivity contribution >= 4 is 31.6 Å². The van der Waals surface area contributed by atoms with E-state index in [1.54, 1.807) is 0 Å². The molecule has 2 rings (SSSR count). The molecule has 1 amide bonds. The van der Waals surface area contributed by atoms with E-state index in [1.165, 1.54) is 29.2 Å². The monoisotopic (exact) mass is 362 g/mol. The molecule has 8 nitrogen and oxygen atoms in total. The third kappa shape index (κ3) is 4.35. The molecule has 23 heavy (non-hydrogen) atoms. The molecule has 1 aromatic rings. The zero-order chi connectivity index (χ0) is 17.3. The zero-order valence-electron chi connectivity index (χ0n) is 12.5. The summed E-state index contributed by atoms with van der Waals surface area (Å²) in [6, 6.07) is 5.49. The smallest absolute Gasteiger partial charge is 0.407 e. The maximum absolute atomic E-state index is 12.6. The molecule has 0 atom stereocenters. The lowest BCUT2D eigenvalue weighted by Gasteiger charge is -2.29. The number of carboxylic acid groups (broad SMARTS) is 1. The highest BCUT2D eigenvalue weighted by molar-refractivity contribution is 7.92. The highest BCUT2D eigenvalue weighted by atomic mass is 32.2. The van der Waals surface area contributed by atoms with Gasteiger partial charge in [-0.1, -0.05) is 0 Å². The Labute approximate surface area is 135 Å². The normalized spacial score (nSPS) is 17.0. The van der Waals surface area contributed by atoms with Crippen molar-refractivity contribution in [3.8, 4) is 0 Å². The predicted octanol–water partition coefficient (Wildman–Crippen LogP) is 0.974. The Hall–Kier alpha value is -1.81. The topological polar surface area (TPSA) is 121 Å². The fraction of sp³-hybridized carbons (Fsp3) is 0.462. The van der Waals surface area contributed by atoms with E-state index in [0.717, 1.165) is 6.26 Å². The van der Waals surface area contributed by atoms with Gasteiger partial charge < -0.3 is 10.0 Å². The SMILES string of the molecule is CS(=O)(=O)Nc1ccc(S(=O)(=O)C2CCN(C(=O)O)CC2)cc1. The fourth-order valence-corrected chi connectivity index (χ4v) is 4.77. The lowest BCUT2D eigenvalue weighted by Crippen LogP contribution is -2.41. The number of sulfone groups is 1. The fourth-order valence-electron chi connectivity index (χ4n) is 2.48. The number of carbonyl (C=O) groups is 1. The molecule has 1 saturated heterocycles. The van der Waals surface area contributed by atoms with Crippen LogP contribution in [0.5, 0.6) is 0 Å². The van der Waals surface area contributed by atoms with Gasteiger partial charge in [0, 0.05) is 18.8 Å². The molecule has 1 fully saturated rings. The van der Waals surface area contributed by atoms with Crippen LogP contribution in [-0.2, 0) is 19.9 Å². The molecule has 0 spiro atoms. The molecule has 0 aliphatic carbocycles. The third-order valence-corrected chi connectivity index (χ3v) is 6.52. The minimum atomic E-state index is -3.57. The van der Waals surface area contributed by atoms with Crippen LogP contribution in [0, 0.1) is 0 Å². The highest BCUT2D eigenvalue weighted by Gasteiger charge is 2.32. The van der Waals surface area contributed by atoms with E-state index in [0.29, 0.717) is 0 Å². The molecule has 10 heteroatoms. The van der Waals surface area contributed by atoms with Gasteiger partial charge in [-0.3, -0.25) is 4.72 Å².